The first-order valence-electron chi connectivity index (χ1n) is 6.57. The van der Waals surface area contributed by atoms with Gasteiger partial charge in [-0.2, -0.15) is 0 Å². The number of carboxylic acid groups (broad SMARTS) is 1. The molecule has 0 spiro atoms. The fraction of sp³-hybridized carbons (Fsp3) is 0.500. The highest BCUT2D eigenvalue weighted by molar-refractivity contribution is 6.29. The zero-order chi connectivity index (χ0) is 15.3. The van der Waals surface area contributed by atoms with Crippen molar-refractivity contribution in [2.24, 2.45) is 0 Å². The van der Waals surface area contributed by atoms with Gasteiger partial charge in [0.2, 0.25) is 0 Å². The van der Waals surface area contributed by atoms with E-state index in [4.69, 9.17) is 16.7 Å². The summed E-state index contributed by atoms with van der Waals surface area (Å²) in [5, 5.41) is 9.35. The minimum atomic E-state index is -1.02. The number of hydrogen-bond donors (Lipinski definition) is 1. The topological polar surface area (TPSA) is 70.5 Å². The van der Waals surface area contributed by atoms with Crippen LogP contribution in [0.2, 0.25) is 5.15 Å². The number of amides is 1. The molecule has 0 saturated carbocycles. The van der Waals surface area contributed by atoms with Gasteiger partial charge in [-0.1, -0.05) is 31.9 Å². The predicted octanol–water partition coefficient (Wildman–Crippen LogP) is 2.62. The smallest absolute Gasteiger partial charge is 0.326 e. The normalized spacial score (nSPS) is 12.0. The first kappa shape index (κ1) is 16.4. The van der Waals surface area contributed by atoms with E-state index in [1.165, 1.54) is 18.0 Å². The number of carbonyl (C=O) groups excluding carboxylic acids is 1. The van der Waals surface area contributed by atoms with Gasteiger partial charge in [0.25, 0.3) is 5.91 Å². The lowest BCUT2D eigenvalue weighted by Gasteiger charge is -2.24. The molecule has 1 N–H and O–H groups in total. The minimum absolute atomic E-state index is 0.246. The van der Waals surface area contributed by atoms with Crippen molar-refractivity contribution in [3.05, 3.63) is 28.5 Å². The lowest BCUT2D eigenvalue weighted by atomic mass is 10.1. The number of aliphatic carboxylic acids is 1. The van der Waals surface area contributed by atoms with Gasteiger partial charge in [0.15, 0.2) is 0 Å². The fourth-order valence-electron chi connectivity index (χ4n) is 2.02. The van der Waals surface area contributed by atoms with Crippen LogP contribution in [0.15, 0.2) is 12.1 Å². The third-order valence-corrected chi connectivity index (χ3v) is 3.25. The second kappa shape index (κ2) is 7.24. The molecule has 1 heterocycles. The summed E-state index contributed by atoms with van der Waals surface area (Å²) in [7, 11) is 1.48. The maximum Gasteiger partial charge on any atom is 0.326 e. The van der Waals surface area contributed by atoms with E-state index in [1.807, 2.05) is 6.92 Å². The van der Waals surface area contributed by atoms with Crippen molar-refractivity contribution in [2.45, 2.75) is 39.2 Å². The molecule has 0 aliphatic carbocycles. The van der Waals surface area contributed by atoms with Gasteiger partial charge >= 0.3 is 5.97 Å². The van der Waals surface area contributed by atoms with Gasteiger partial charge in [-0.25, -0.2) is 9.78 Å². The van der Waals surface area contributed by atoms with Crippen LogP contribution in [0.4, 0.5) is 0 Å². The maximum absolute atomic E-state index is 12.3. The molecule has 0 saturated heterocycles. The van der Waals surface area contributed by atoms with E-state index < -0.39 is 12.0 Å². The van der Waals surface area contributed by atoms with Gasteiger partial charge in [-0.15, -0.1) is 0 Å². The lowest BCUT2D eigenvalue weighted by molar-refractivity contribution is -0.142. The molecule has 1 aromatic rings. The summed E-state index contributed by atoms with van der Waals surface area (Å²) >= 11 is 5.91. The number of carbonyl (C=O) groups is 2. The Morgan fingerprint density at radius 2 is 2.05 bits per heavy atom. The molecule has 1 unspecified atom stereocenters. The number of halogens is 1. The number of likely N-dealkylation sites (N-methyl/N-ethyl adjacent to an activating group) is 1. The van der Waals surface area contributed by atoms with Crippen LogP contribution in [0.5, 0.6) is 0 Å². The largest absolute Gasteiger partial charge is 0.480 e. The summed E-state index contributed by atoms with van der Waals surface area (Å²) in [4.78, 5) is 28.8. The average Bonchev–Trinajstić information content (AvgIpc) is 2.37. The van der Waals surface area contributed by atoms with Gasteiger partial charge in [0.1, 0.15) is 11.2 Å². The van der Waals surface area contributed by atoms with E-state index in [0.29, 0.717) is 12.0 Å². The number of hydrogen-bond acceptors (Lipinski definition) is 3. The molecule has 5 nitrogen and oxygen atoms in total. The quantitative estimate of drug-likeness (QED) is 0.820. The third-order valence-electron chi connectivity index (χ3n) is 3.06. The van der Waals surface area contributed by atoms with Crippen LogP contribution < -0.4 is 0 Å². The van der Waals surface area contributed by atoms with Crippen LogP contribution in [-0.2, 0) is 11.2 Å². The summed E-state index contributed by atoms with van der Waals surface area (Å²) in [6.07, 6.45) is 1.96. The van der Waals surface area contributed by atoms with Crippen LogP contribution in [0, 0.1) is 0 Å². The fourth-order valence-corrected chi connectivity index (χ4v) is 2.24. The molecule has 20 heavy (non-hydrogen) atoms. The molecule has 1 aromatic heterocycles. The van der Waals surface area contributed by atoms with Crippen LogP contribution in [0.3, 0.4) is 0 Å². The molecular weight excluding hydrogens is 280 g/mol. The molecule has 0 bridgehead atoms. The summed E-state index contributed by atoms with van der Waals surface area (Å²) < 4.78 is 0. The van der Waals surface area contributed by atoms with Gasteiger partial charge in [-0.05, 0) is 25.0 Å². The third kappa shape index (κ3) is 3.93. The maximum atomic E-state index is 12.3. The first-order chi connectivity index (χ1) is 9.40. The highest BCUT2D eigenvalue weighted by atomic mass is 35.5. The summed E-state index contributed by atoms with van der Waals surface area (Å²) in [6, 6.07) is 2.29. The minimum Gasteiger partial charge on any atom is -0.480 e. The monoisotopic (exact) mass is 298 g/mol. The van der Waals surface area contributed by atoms with Crippen LogP contribution in [-0.4, -0.2) is 40.0 Å². The SMILES string of the molecule is CCCc1cc(C(=O)N(C)C(CC)C(=O)O)cc(Cl)n1. The summed E-state index contributed by atoms with van der Waals surface area (Å²) in [5.41, 5.74) is 1.11. The van der Waals surface area contributed by atoms with Crippen molar-refractivity contribution in [3.8, 4) is 0 Å². The number of pyridine rings is 1. The molecule has 1 atom stereocenters. The zero-order valence-electron chi connectivity index (χ0n) is 11.9. The van der Waals surface area contributed by atoms with E-state index in [1.54, 1.807) is 13.0 Å². The summed E-state index contributed by atoms with van der Waals surface area (Å²) in [5.74, 6) is -1.38. The second-order valence-electron chi connectivity index (χ2n) is 4.60. The average molecular weight is 299 g/mol. The van der Waals surface area contributed by atoms with Crippen molar-refractivity contribution in [2.75, 3.05) is 7.05 Å². The predicted molar refractivity (Wildman–Crippen MR) is 77.1 cm³/mol. The van der Waals surface area contributed by atoms with E-state index in [9.17, 15) is 9.59 Å². The molecule has 0 fully saturated rings. The van der Waals surface area contributed by atoms with Crippen molar-refractivity contribution >= 4 is 23.5 Å². The molecular formula is C14H19ClN2O3. The Morgan fingerprint density at radius 3 is 2.55 bits per heavy atom. The van der Waals surface area contributed by atoms with Crippen molar-refractivity contribution < 1.29 is 14.7 Å². The standard InChI is InChI=1S/C14H19ClN2O3/c1-4-6-10-7-9(8-12(15)16-10)13(18)17(3)11(5-2)14(19)20/h7-8,11H,4-6H2,1-3H3,(H,19,20). The Labute approximate surface area is 123 Å². The van der Waals surface area contributed by atoms with Gasteiger partial charge in [0.05, 0.1) is 0 Å². The van der Waals surface area contributed by atoms with E-state index in [2.05, 4.69) is 4.98 Å². The van der Waals surface area contributed by atoms with E-state index in [0.717, 1.165) is 18.5 Å². The molecule has 110 valence electrons. The van der Waals surface area contributed by atoms with Crippen LogP contribution >= 0.6 is 11.6 Å². The molecule has 0 aromatic carbocycles. The lowest BCUT2D eigenvalue weighted by Crippen LogP contribution is -2.42. The Morgan fingerprint density at radius 1 is 1.40 bits per heavy atom. The van der Waals surface area contributed by atoms with E-state index >= 15 is 0 Å². The number of aromatic nitrogens is 1. The Bertz CT molecular complexity index is 505. The number of aryl methyl sites for hydroxylation is 1. The number of nitrogens with zero attached hydrogens (tertiary/aromatic N) is 2. The highest BCUT2D eigenvalue weighted by Crippen LogP contribution is 2.16. The molecule has 6 heteroatoms. The van der Waals surface area contributed by atoms with Crippen molar-refractivity contribution in [3.63, 3.8) is 0 Å². The van der Waals surface area contributed by atoms with Gasteiger partial charge in [-0.3, -0.25) is 4.79 Å². The Hall–Kier alpha value is -1.62. The first-order valence-corrected chi connectivity index (χ1v) is 6.94. The molecule has 0 aliphatic rings. The number of carboxylic acids is 1. The van der Waals surface area contributed by atoms with Crippen LogP contribution in [0.25, 0.3) is 0 Å². The molecule has 0 radical (unpaired) electrons. The summed E-state index contributed by atoms with van der Waals surface area (Å²) in [6.45, 7) is 3.73. The molecule has 0 aliphatic heterocycles. The number of rotatable bonds is 6. The second-order valence-corrected chi connectivity index (χ2v) is 4.99. The highest BCUT2D eigenvalue weighted by Gasteiger charge is 2.26. The van der Waals surface area contributed by atoms with Crippen molar-refractivity contribution in [1.29, 1.82) is 0 Å². The van der Waals surface area contributed by atoms with Gasteiger partial charge < -0.3 is 10.0 Å². The van der Waals surface area contributed by atoms with Crippen LogP contribution in [0.1, 0.15) is 42.7 Å². The molecule has 1 rings (SSSR count). The Balaban J connectivity index is 3.04. The Kier molecular flexibility index (Phi) is 5.95. The van der Waals surface area contributed by atoms with E-state index in [-0.39, 0.29) is 11.1 Å². The van der Waals surface area contributed by atoms with Gasteiger partial charge in [0, 0.05) is 18.3 Å². The zero-order valence-corrected chi connectivity index (χ0v) is 12.6. The molecule has 1 amide bonds. The van der Waals surface area contributed by atoms with Crippen molar-refractivity contribution in [1.82, 2.24) is 9.88 Å².